The number of halogens is 1. The van der Waals surface area contributed by atoms with Gasteiger partial charge in [-0.1, -0.05) is 13.8 Å². The van der Waals surface area contributed by atoms with Crippen LogP contribution in [0.25, 0.3) is 0 Å². The maximum absolute atomic E-state index is 13.2. The first-order valence-electron chi connectivity index (χ1n) is 5.86. The summed E-state index contributed by atoms with van der Waals surface area (Å²) in [6.07, 6.45) is 0. The molecule has 0 fully saturated rings. The molecule has 0 aromatic heterocycles. The van der Waals surface area contributed by atoms with E-state index in [1.165, 1.54) is 12.1 Å². The van der Waals surface area contributed by atoms with E-state index in [1.807, 2.05) is 14.1 Å². The highest BCUT2D eigenvalue weighted by atomic mass is 19.1. The van der Waals surface area contributed by atoms with Gasteiger partial charge >= 0.3 is 0 Å². The van der Waals surface area contributed by atoms with Crippen LogP contribution in [0.2, 0.25) is 0 Å². The van der Waals surface area contributed by atoms with Gasteiger partial charge in [0.1, 0.15) is 5.82 Å². The average molecular weight is 239 g/mol. The molecule has 0 aliphatic carbocycles. The highest BCUT2D eigenvalue weighted by Crippen LogP contribution is 2.22. The number of nitrogens with one attached hydrogen (secondary N) is 1. The molecule has 3 nitrogen and oxygen atoms in total. The van der Waals surface area contributed by atoms with Crippen LogP contribution in [-0.2, 0) is 0 Å². The van der Waals surface area contributed by atoms with Gasteiger partial charge in [0, 0.05) is 12.6 Å². The Hall–Kier alpha value is -1.29. The molecule has 0 spiro atoms. The predicted octanol–water partition coefficient (Wildman–Crippen LogP) is 2.41. The molecule has 17 heavy (non-hydrogen) atoms. The second-order valence-corrected chi connectivity index (χ2v) is 4.99. The van der Waals surface area contributed by atoms with Crippen LogP contribution in [0.1, 0.15) is 13.8 Å². The van der Waals surface area contributed by atoms with E-state index in [-0.39, 0.29) is 11.9 Å². The van der Waals surface area contributed by atoms with E-state index in [2.05, 4.69) is 24.1 Å². The Bertz CT molecular complexity index is 364. The van der Waals surface area contributed by atoms with Gasteiger partial charge in [0.05, 0.1) is 11.4 Å². The molecule has 0 radical (unpaired) electrons. The van der Waals surface area contributed by atoms with E-state index in [9.17, 15) is 4.39 Å². The van der Waals surface area contributed by atoms with Crippen LogP contribution < -0.4 is 11.1 Å². The number of benzene rings is 1. The molecule has 1 atom stereocenters. The lowest BCUT2D eigenvalue weighted by molar-refractivity contribution is 0.344. The van der Waals surface area contributed by atoms with Gasteiger partial charge in [-0.15, -0.1) is 0 Å². The first-order chi connectivity index (χ1) is 7.90. The molecule has 0 saturated heterocycles. The van der Waals surface area contributed by atoms with Gasteiger partial charge in [-0.25, -0.2) is 4.39 Å². The molecule has 0 saturated carbocycles. The van der Waals surface area contributed by atoms with Crippen molar-refractivity contribution in [3.63, 3.8) is 0 Å². The smallest absolute Gasteiger partial charge is 0.125 e. The summed E-state index contributed by atoms with van der Waals surface area (Å²) in [5.74, 6) is 0.175. The third-order valence-electron chi connectivity index (χ3n) is 2.72. The van der Waals surface area contributed by atoms with Crippen LogP contribution in [0.3, 0.4) is 0 Å². The Labute approximate surface area is 103 Å². The third kappa shape index (κ3) is 4.23. The van der Waals surface area contributed by atoms with Crippen molar-refractivity contribution in [3.05, 3.63) is 24.0 Å². The lowest BCUT2D eigenvalue weighted by Crippen LogP contribution is -2.36. The van der Waals surface area contributed by atoms with Crippen molar-refractivity contribution in [2.24, 2.45) is 5.92 Å². The number of rotatable bonds is 5. The normalized spacial score (nSPS) is 13.1. The van der Waals surface area contributed by atoms with Gasteiger partial charge in [-0.2, -0.15) is 0 Å². The van der Waals surface area contributed by atoms with E-state index in [0.717, 1.165) is 6.54 Å². The number of nitrogens with zero attached hydrogens (tertiary/aromatic N) is 1. The Balaban J connectivity index is 2.81. The lowest BCUT2D eigenvalue weighted by Gasteiger charge is -2.27. The average Bonchev–Trinajstić information content (AvgIpc) is 2.21. The van der Waals surface area contributed by atoms with Gasteiger partial charge in [-0.05, 0) is 38.2 Å². The molecule has 0 bridgehead atoms. The highest BCUT2D eigenvalue weighted by molar-refractivity contribution is 5.66. The Morgan fingerprint density at radius 1 is 1.35 bits per heavy atom. The zero-order chi connectivity index (χ0) is 13.0. The van der Waals surface area contributed by atoms with Crippen LogP contribution in [0, 0.1) is 11.7 Å². The van der Waals surface area contributed by atoms with Crippen molar-refractivity contribution >= 4 is 11.4 Å². The minimum atomic E-state index is -0.269. The van der Waals surface area contributed by atoms with Crippen LogP contribution in [-0.4, -0.2) is 31.6 Å². The van der Waals surface area contributed by atoms with Gasteiger partial charge in [-0.3, -0.25) is 0 Å². The predicted molar refractivity (Wildman–Crippen MR) is 71.6 cm³/mol. The van der Waals surface area contributed by atoms with Crippen LogP contribution in [0.5, 0.6) is 0 Å². The Kier molecular flexibility index (Phi) is 4.75. The summed E-state index contributed by atoms with van der Waals surface area (Å²) in [6.45, 7) is 5.15. The van der Waals surface area contributed by atoms with Crippen molar-refractivity contribution < 1.29 is 4.39 Å². The van der Waals surface area contributed by atoms with Gasteiger partial charge in [0.2, 0.25) is 0 Å². The number of hydrogen-bond acceptors (Lipinski definition) is 3. The summed E-state index contributed by atoms with van der Waals surface area (Å²) in [4.78, 5) is 2.10. The maximum Gasteiger partial charge on any atom is 0.125 e. The number of likely N-dealkylation sites (N-methyl/N-ethyl adjacent to an activating group) is 1. The van der Waals surface area contributed by atoms with Crippen molar-refractivity contribution in [3.8, 4) is 0 Å². The molecule has 96 valence electrons. The summed E-state index contributed by atoms with van der Waals surface area (Å²) < 4.78 is 13.2. The summed E-state index contributed by atoms with van der Waals surface area (Å²) >= 11 is 0. The SMILES string of the molecule is CC(C)C(CN(C)C)Nc1cc(F)ccc1N. The lowest BCUT2D eigenvalue weighted by atomic mass is 10.0. The van der Waals surface area contributed by atoms with Crippen LogP contribution in [0.4, 0.5) is 15.8 Å². The molecule has 3 N–H and O–H groups in total. The molecule has 1 aromatic rings. The van der Waals surface area contributed by atoms with Crippen molar-refractivity contribution in [2.45, 2.75) is 19.9 Å². The standard InChI is InChI=1S/C13H22FN3/c1-9(2)13(8-17(3)4)16-12-7-10(14)5-6-11(12)15/h5-7,9,13,16H,8,15H2,1-4H3. The van der Waals surface area contributed by atoms with Crippen molar-refractivity contribution in [1.29, 1.82) is 0 Å². The van der Waals surface area contributed by atoms with Crippen LogP contribution in [0.15, 0.2) is 18.2 Å². The van der Waals surface area contributed by atoms with E-state index >= 15 is 0 Å². The van der Waals surface area contributed by atoms with E-state index in [4.69, 9.17) is 5.73 Å². The summed E-state index contributed by atoms with van der Waals surface area (Å²) in [5.41, 5.74) is 7.08. The topological polar surface area (TPSA) is 41.3 Å². The van der Waals surface area contributed by atoms with E-state index in [1.54, 1.807) is 6.07 Å². The van der Waals surface area contributed by atoms with Crippen LogP contribution >= 0.6 is 0 Å². The fraction of sp³-hybridized carbons (Fsp3) is 0.538. The molecular weight excluding hydrogens is 217 g/mol. The second-order valence-electron chi connectivity index (χ2n) is 4.99. The number of nitrogen functional groups attached to an aromatic ring is 1. The molecule has 1 rings (SSSR count). The molecule has 0 aliphatic heterocycles. The van der Waals surface area contributed by atoms with E-state index in [0.29, 0.717) is 17.3 Å². The first kappa shape index (κ1) is 13.8. The van der Waals surface area contributed by atoms with E-state index < -0.39 is 0 Å². The molecule has 0 heterocycles. The third-order valence-corrected chi connectivity index (χ3v) is 2.72. The Morgan fingerprint density at radius 2 is 2.00 bits per heavy atom. The minimum Gasteiger partial charge on any atom is -0.397 e. The van der Waals surface area contributed by atoms with Crippen molar-refractivity contribution in [1.82, 2.24) is 4.90 Å². The zero-order valence-corrected chi connectivity index (χ0v) is 11.0. The fourth-order valence-corrected chi connectivity index (χ4v) is 1.67. The van der Waals surface area contributed by atoms with Gasteiger partial charge in [0.25, 0.3) is 0 Å². The number of anilines is 2. The van der Waals surface area contributed by atoms with Gasteiger partial charge < -0.3 is 16.0 Å². The first-order valence-corrected chi connectivity index (χ1v) is 5.86. The summed E-state index contributed by atoms with van der Waals surface area (Å²) in [5, 5.41) is 3.31. The number of hydrogen-bond donors (Lipinski definition) is 2. The minimum absolute atomic E-state index is 0.245. The fourth-order valence-electron chi connectivity index (χ4n) is 1.67. The zero-order valence-electron chi connectivity index (χ0n) is 11.0. The molecule has 1 unspecified atom stereocenters. The molecular formula is C13H22FN3. The Morgan fingerprint density at radius 3 is 2.53 bits per heavy atom. The summed E-state index contributed by atoms with van der Waals surface area (Å²) in [6, 6.07) is 4.65. The molecule has 1 aromatic carbocycles. The van der Waals surface area contributed by atoms with Crippen molar-refractivity contribution in [2.75, 3.05) is 31.7 Å². The maximum atomic E-state index is 13.2. The second kappa shape index (κ2) is 5.87. The summed E-state index contributed by atoms with van der Waals surface area (Å²) in [7, 11) is 4.04. The quantitative estimate of drug-likeness (QED) is 0.775. The number of nitrogens with two attached hydrogens (primary N) is 1. The molecule has 4 heteroatoms. The monoisotopic (exact) mass is 239 g/mol. The molecule has 0 aliphatic rings. The molecule has 0 amide bonds. The largest absolute Gasteiger partial charge is 0.397 e. The van der Waals surface area contributed by atoms with Gasteiger partial charge in [0.15, 0.2) is 0 Å². The highest BCUT2D eigenvalue weighted by Gasteiger charge is 2.15.